The zero-order valence-corrected chi connectivity index (χ0v) is 18.0. The van der Waals surface area contributed by atoms with E-state index >= 15 is 0 Å². The highest BCUT2D eigenvalue weighted by Crippen LogP contribution is 2.27. The molecule has 0 saturated heterocycles. The first kappa shape index (κ1) is 19.4. The molecule has 2 aliphatic rings. The van der Waals surface area contributed by atoms with Gasteiger partial charge in [-0.1, -0.05) is 46.3 Å². The average Bonchev–Trinajstić information content (AvgIpc) is 2.68. The van der Waals surface area contributed by atoms with Crippen LogP contribution in [0.3, 0.4) is 0 Å². The lowest BCUT2D eigenvalue weighted by atomic mass is 9.92. The van der Waals surface area contributed by atoms with Gasteiger partial charge in [0.15, 0.2) is 0 Å². The van der Waals surface area contributed by atoms with E-state index in [2.05, 4.69) is 120 Å². The van der Waals surface area contributed by atoms with Crippen LogP contribution >= 0.6 is 15.9 Å². The van der Waals surface area contributed by atoms with E-state index in [9.17, 15) is 0 Å². The topological polar surface area (TPSA) is 6.25 Å². The van der Waals surface area contributed by atoms with Gasteiger partial charge in [0.25, 0.3) is 0 Å². The monoisotopic (exact) mass is 421 g/mol. The molecule has 0 aliphatic heterocycles. The van der Waals surface area contributed by atoms with Gasteiger partial charge in [0.1, 0.15) is 14.1 Å². The van der Waals surface area contributed by atoms with Gasteiger partial charge >= 0.3 is 0 Å². The Morgan fingerprint density at radius 3 is 2.30 bits per heavy atom. The highest BCUT2D eigenvalue weighted by molar-refractivity contribution is 9.11. The molecule has 0 bridgehead atoms. The molecule has 138 valence electrons. The van der Waals surface area contributed by atoms with E-state index in [1.807, 2.05) is 4.99 Å². The minimum absolute atomic E-state index is 0.961. The summed E-state index contributed by atoms with van der Waals surface area (Å²) in [6.45, 7) is 0. The molecule has 1 aromatic rings. The molecule has 0 unspecified atom stereocenters. The number of hydrogen-bond acceptors (Lipinski definition) is 1. The van der Waals surface area contributed by atoms with Crippen molar-refractivity contribution in [2.75, 3.05) is 33.1 Å². The normalized spacial score (nSPS) is 19.4. The fourth-order valence-corrected chi connectivity index (χ4v) is 3.50. The summed E-state index contributed by atoms with van der Waals surface area (Å²) in [5, 5.41) is 0. The van der Waals surface area contributed by atoms with E-state index < -0.39 is 0 Å². The predicted octanol–water partition coefficient (Wildman–Crippen LogP) is 5.51. The number of anilines is 1. The number of hydrogen-bond donors (Lipinski definition) is 0. The first-order chi connectivity index (χ1) is 13.0. The Balaban J connectivity index is 1.96. The maximum Gasteiger partial charge on any atom is 0.207 e. The summed E-state index contributed by atoms with van der Waals surface area (Å²) in [7, 11) is 8.32. The summed E-state index contributed by atoms with van der Waals surface area (Å²) in [6.07, 6.45) is 16.5. The molecule has 0 atom stereocenters. The maximum absolute atomic E-state index is 3.41. The van der Waals surface area contributed by atoms with Crippen LogP contribution in [0.4, 0.5) is 5.69 Å². The Kier molecular flexibility index (Phi) is 6.12. The van der Waals surface area contributed by atoms with Crippen molar-refractivity contribution in [2.24, 2.45) is 0 Å². The minimum Gasteiger partial charge on any atom is -0.378 e. The maximum atomic E-state index is 3.41. The lowest BCUT2D eigenvalue weighted by Crippen LogP contribution is -2.15. The van der Waals surface area contributed by atoms with Crippen molar-refractivity contribution in [1.29, 1.82) is 0 Å². The summed E-state index contributed by atoms with van der Waals surface area (Å²) in [6, 6.07) is 8.75. The van der Waals surface area contributed by atoms with Gasteiger partial charge < -0.3 is 4.90 Å². The van der Waals surface area contributed by atoms with Crippen molar-refractivity contribution in [3.05, 3.63) is 94.1 Å². The fraction of sp³-hybridized carbons (Fsp3) is 0.208. The van der Waals surface area contributed by atoms with Gasteiger partial charge in [-0.2, -0.15) is 0 Å². The second-order valence-electron chi connectivity index (χ2n) is 7.18. The fourth-order valence-electron chi connectivity index (χ4n) is 3.16. The van der Waals surface area contributed by atoms with Crippen LogP contribution in [0.1, 0.15) is 12.0 Å². The molecule has 3 heteroatoms. The van der Waals surface area contributed by atoms with Gasteiger partial charge in [-0.05, 0) is 64.0 Å². The molecule has 0 N–H and O–H groups in total. The number of allylic oxidation sites excluding steroid dienone is 11. The quantitative estimate of drug-likeness (QED) is 0.583. The summed E-state index contributed by atoms with van der Waals surface area (Å²) >= 11 is 3.41. The lowest BCUT2D eigenvalue weighted by Gasteiger charge is -2.15. The Bertz CT molecular complexity index is 929. The van der Waals surface area contributed by atoms with E-state index in [-0.39, 0.29) is 0 Å². The van der Waals surface area contributed by atoms with Crippen LogP contribution in [0.2, 0.25) is 0 Å². The summed E-state index contributed by atoms with van der Waals surface area (Å²) in [5.41, 5.74) is 8.67. The zero-order valence-electron chi connectivity index (χ0n) is 16.4. The third kappa shape index (κ3) is 4.67. The second-order valence-corrected chi connectivity index (χ2v) is 7.64. The smallest absolute Gasteiger partial charge is 0.207 e. The van der Waals surface area contributed by atoms with Crippen molar-refractivity contribution in [2.45, 2.75) is 6.42 Å². The third-order valence-electron chi connectivity index (χ3n) is 4.73. The van der Waals surface area contributed by atoms with E-state index in [0.717, 1.165) is 6.42 Å². The Hall–Kier alpha value is -2.39. The summed E-state index contributed by atoms with van der Waals surface area (Å²) in [5.74, 6) is 0. The molecule has 0 spiro atoms. The SMILES string of the molecule is CN(C)c1ccc(C2=CC(=CC3=CCC(=CBr)C=C3)C=CC2=[N+](C)C)cc1. The van der Waals surface area contributed by atoms with Crippen LogP contribution in [0.15, 0.2) is 88.5 Å². The van der Waals surface area contributed by atoms with Gasteiger partial charge in [-0.3, -0.25) is 0 Å². The van der Waals surface area contributed by atoms with E-state index in [0.29, 0.717) is 0 Å². The molecule has 1 aromatic carbocycles. The number of benzene rings is 1. The molecule has 2 aliphatic carbocycles. The standard InChI is InChI=1S/C24H26BrN2/c1-26(2)22-12-10-21(11-13-22)23-16-20(9-14-24(23)27(3)4)15-18-5-7-19(17-25)8-6-18/h5-7,9-17H,8H2,1-4H3/q+1. The Morgan fingerprint density at radius 1 is 1.00 bits per heavy atom. The highest BCUT2D eigenvalue weighted by Gasteiger charge is 2.18. The minimum atomic E-state index is 0.961. The molecule has 0 amide bonds. The van der Waals surface area contributed by atoms with Crippen molar-refractivity contribution in [3.63, 3.8) is 0 Å². The number of halogens is 1. The molecule has 2 nitrogen and oxygen atoms in total. The van der Waals surface area contributed by atoms with Gasteiger partial charge in [-0.15, -0.1) is 0 Å². The second kappa shape index (κ2) is 8.53. The number of nitrogens with zero attached hydrogens (tertiary/aromatic N) is 2. The van der Waals surface area contributed by atoms with Crippen LogP contribution in [0, 0.1) is 0 Å². The first-order valence-corrected chi connectivity index (χ1v) is 10.0. The predicted molar refractivity (Wildman–Crippen MR) is 122 cm³/mol. The van der Waals surface area contributed by atoms with Crippen LogP contribution in [0.25, 0.3) is 5.57 Å². The molecule has 0 aromatic heterocycles. The largest absolute Gasteiger partial charge is 0.378 e. The van der Waals surface area contributed by atoms with Gasteiger partial charge in [0.05, 0.1) is 5.57 Å². The van der Waals surface area contributed by atoms with Gasteiger partial charge in [-0.25, -0.2) is 4.58 Å². The third-order valence-corrected chi connectivity index (χ3v) is 5.32. The zero-order chi connectivity index (χ0) is 19.4. The van der Waals surface area contributed by atoms with Crippen LogP contribution in [0.5, 0.6) is 0 Å². The van der Waals surface area contributed by atoms with Crippen LogP contribution in [-0.4, -0.2) is 38.5 Å². The van der Waals surface area contributed by atoms with Crippen molar-refractivity contribution >= 4 is 32.9 Å². The molecule has 0 saturated carbocycles. The molecular formula is C24H26BrN2+. The van der Waals surface area contributed by atoms with Crippen molar-refractivity contribution in [3.8, 4) is 0 Å². The Labute approximate surface area is 171 Å². The average molecular weight is 422 g/mol. The van der Waals surface area contributed by atoms with E-state index in [1.54, 1.807) is 0 Å². The summed E-state index contributed by atoms with van der Waals surface area (Å²) in [4.78, 5) is 4.11. The lowest BCUT2D eigenvalue weighted by molar-refractivity contribution is -0.462. The number of rotatable bonds is 3. The highest BCUT2D eigenvalue weighted by atomic mass is 79.9. The molecule has 0 fully saturated rings. The van der Waals surface area contributed by atoms with E-state index in [1.165, 1.54) is 39.3 Å². The van der Waals surface area contributed by atoms with Crippen molar-refractivity contribution in [1.82, 2.24) is 0 Å². The van der Waals surface area contributed by atoms with Crippen LogP contribution < -0.4 is 4.90 Å². The van der Waals surface area contributed by atoms with E-state index in [4.69, 9.17) is 0 Å². The van der Waals surface area contributed by atoms with Crippen molar-refractivity contribution < 1.29 is 4.58 Å². The molecular weight excluding hydrogens is 396 g/mol. The molecule has 0 radical (unpaired) electrons. The molecule has 27 heavy (non-hydrogen) atoms. The van der Waals surface area contributed by atoms with Gasteiger partial charge in [0, 0.05) is 25.9 Å². The first-order valence-electron chi connectivity index (χ1n) is 9.09. The molecule has 3 rings (SSSR count). The molecule has 0 heterocycles. The Morgan fingerprint density at radius 2 is 1.74 bits per heavy atom. The summed E-state index contributed by atoms with van der Waals surface area (Å²) < 4.78 is 2.17. The van der Waals surface area contributed by atoms with Crippen LogP contribution in [-0.2, 0) is 0 Å². The van der Waals surface area contributed by atoms with Gasteiger partial charge in [0.2, 0.25) is 5.71 Å².